The van der Waals surface area contributed by atoms with E-state index >= 15 is 0 Å². The topological polar surface area (TPSA) is 81.9 Å². The van der Waals surface area contributed by atoms with E-state index in [1.165, 1.54) is 18.3 Å². The SMILES string of the molecule is CCOCCn1c(=NC(=O)Cc2ccc(OC)c(C)c2)sc2cc(NC(C)=O)ccc21. The lowest BCUT2D eigenvalue weighted by molar-refractivity contribution is -0.117. The minimum absolute atomic E-state index is 0.130. The van der Waals surface area contributed by atoms with Crippen molar-refractivity contribution in [1.82, 2.24) is 4.57 Å². The van der Waals surface area contributed by atoms with Gasteiger partial charge in [0.1, 0.15) is 5.75 Å². The van der Waals surface area contributed by atoms with Crippen LogP contribution in [0.4, 0.5) is 5.69 Å². The lowest BCUT2D eigenvalue weighted by Gasteiger charge is -2.07. The van der Waals surface area contributed by atoms with E-state index in [1.807, 2.05) is 54.8 Å². The van der Waals surface area contributed by atoms with E-state index < -0.39 is 0 Å². The first-order chi connectivity index (χ1) is 14.9. The first-order valence-corrected chi connectivity index (χ1v) is 10.9. The first-order valence-electron chi connectivity index (χ1n) is 10.1. The van der Waals surface area contributed by atoms with Gasteiger partial charge in [-0.1, -0.05) is 23.5 Å². The Balaban J connectivity index is 1.94. The van der Waals surface area contributed by atoms with Gasteiger partial charge in [-0.05, 0) is 49.2 Å². The van der Waals surface area contributed by atoms with Crippen LogP contribution in [0.1, 0.15) is 25.0 Å². The Morgan fingerprint density at radius 3 is 2.68 bits per heavy atom. The molecule has 8 heteroatoms. The minimum atomic E-state index is -0.219. The van der Waals surface area contributed by atoms with Gasteiger partial charge >= 0.3 is 0 Å². The van der Waals surface area contributed by atoms with E-state index in [0.717, 1.165) is 27.1 Å². The van der Waals surface area contributed by atoms with Gasteiger partial charge in [-0.3, -0.25) is 9.59 Å². The third kappa shape index (κ3) is 5.80. The lowest BCUT2D eigenvalue weighted by atomic mass is 10.1. The molecule has 1 N–H and O–H groups in total. The number of hydrogen-bond acceptors (Lipinski definition) is 5. The van der Waals surface area contributed by atoms with Crippen molar-refractivity contribution in [3.63, 3.8) is 0 Å². The minimum Gasteiger partial charge on any atom is -0.496 e. The molecule has 0 saturated heterocycles. The second-order valence-electron chi connectivity index (χ2n) is 7.08. The summed E-state index contributed by atoms with van der Waals surface area (Å²) >= 11 is 1.42. The molecule has 164 valence electrons. The highest BCUT2D eigenvalue weighted by Crippen LogP contribution is 2.22. The Morgan fingerprint density at radius 1 is 1.19 bits per heavy atom. The molecular formula is C23H27N3O4S. The predicted octanol–water partition coefficient (Wildman–Crippen LogP) is 3.68. The molecule has 0 saturated carbocycles. The van der Waals surface area contributed by atoms with Gasteiger partial charge in [-0.15, -0.1) is 0 Å². The Bertz CT molecular complexity index is 1160. The van der Waals surface area contributed by atoms with Crippen molar-refractivity contribution in [3.05, 3.63) is 52.3 Å². The van der Waals surface area contributed by atoms with Crippen LogP contribution < -0.4 is 14.9 Å². The van der Waals surface area contributed by atoms with Crippen molar-refractivity contribution in [2.45, 2.75) is 33.7 Å². The molecule has 0 aliphatic heterocycles. The van der Waals surface area contributed by atoms with E-state index in [9.17, 15) is 9.59 Å². The fourth-order valence-electron chi connectivity index (χ4n) is 3.33. The van der Waals surface area contributed by atoms with Gasteiger partial charge in [-0.2, -0.15) is 4.99 Å². The summed E-state index contributed by atoms with van der Waals surface area (Å²) in [6.45, 7) is 7.10. The Kier molecular flexibility index (Phi) is 7.59. The van der Waals surface area contributed by atoms with Crippen LogP contribution in [0.15, 0.2) is 41.4 Å². The lowest BCUT2D eigenvalue weighted by Crippen LogP contribution is -2.20. The van der Waals surface area contributed by atoms with E-state index in [-0.39, 0.29) is 18.2 Å². The first kappa shape index (κ1) is 22.7. The van der Waals surface area contributed by atoms with Crippen molar-refractivity contribution < 1.29 is 19.1 Å². The number of methoxy groups -OCH3 is 1. The van der Waals surface area contributed by atoms with Crippen molar-refractivity contribution >= 4 is 39.1 Å². The summed E-state index contributed by atoms with van der Waals surface area (Å²) in [6.07, 6.45) is 0.210. The second-order valence-corrected chi connectivity index (χ2v) is 8.09. The normalized spacial score (nSPS) is 11.7. The number of aryl methyl sites for hydroxylation is 1. The number of rotatable bonds is 8. The Hall–Kier alpha value is -2.97. The molecule has 1 aromatic heterocycles. The average molecular weight is 442 g/mol. The number of nitrogens with one attached hydrogen (secondary N) is 1. The number of hydrogen-bond donors (Lipinski definition) is 1. The molecule has 0 unspecified atom stereocenters. The molecule has 0 aliphatic rings. The number of carbonyl (C=O) groups is 2. The Labute approximate surface area is 185 Å². The number of amides is 2. The number of aromatic nitrogens is 1. The number of nitrogens with zero attached hydrogens (tertiary/aromatic N) is 2. The highest BCUT2D eigenvalue weighted by molar-refractivity contribution is 7.16. The maximum Gasteiger partial charge on any atom is 0.252 e. The van der Waals surface area contributed by atoms with Crippen LogP contribution in [0.5, 0.6) is 5.75 Å². The molecule has 0 atom stereocenters. The number of thiazole rings is 1. The zero-order valence-corrected chi connectivity index (χ0v) is 19.0. The third-order valence-corrected chi connectivity index (χ3v) is 5.74. The molecule has 1 heterocycles. The summed E-state index contributed by atoms with van der Waals surface area (Å²) < 4.78 is 13.7. The molecule has 0 radical (unpaired) electrons. The van der Waals surface area contributed by atoms with Crippen LogP contribution >= 0.6 is 11.3 Å². The quantitative estimate of drug-likeness (QED) is 0.541. The smallest absolute Gasteiger partial charge is 0.252 e. The van der Waals surface area contributed by atoms with Gasteiger partial charge in [-0.25, -0.2) is 0 Å². The van der Waals surface area contributed by atoms with Gasteiger partial charge in [0.05, 0.1) is 30.4 Å². The van der Waals surface area contributed by atoms with Crippen molar-refractivity contribution in [2.24, 2.45) is 4.99 Å². The largest absolute Gasteiger partial charge is 0.496 e. The van der Waals surface area contributed by atoms with E-state index in [2.05, 4.69) is 10.3 Å². The molecule has 2 aromatic carbocycles. The maximum atomic E-state index is 12.7. The summed E-state index contributed by atoms with van der Waals surface area (Å²) in [5, 5.41) is 2.79. The fraction of sp³-hybridized carbons (Fsp3) is 0.348. The number of anilines is 1. The zero-order valence-electron chi connectivity index (χ0n) is 18.2. The van der Waals surface area contributed by atoms with Crippen molar-refractivity contribution in [1.29, 1.82) is 0 Å². The summed E-state index contributed by atoms with van der Waals surface area (Å²) in [4.78, 5) is 29.1. The summed E-state index contributed by atoms with van der Waals surface area (Å²) in [5.41, 5.74) is 3.53. The average Bonchev–Trinajstić information content (AvgIpc) is 3.04. The third-order valence-electron chi connectivity index (χ3n) is 4.70. The van der Waals surface area contributed by atoms with E-state index in [4.69, 9.17) is 9.47 Å². The predicted molar refractivity (Wildman–Crippen MR) is 123 cm³/mol. The molecule has 0 aliphatic carbocycles. The van der Waals surface area contributed by atoms with Gasteiger partial charge in [0.15, 0.2) is 4.80 Å². The summed E-state index contributed by atoms with van der Waals surface area (Å²) in [7, 11) is 1.63. The molecule has 2 amide bonds. The van der Waals surface area contributed by atoms with Crippen LogP contribution in [-0.4, -0.2) is 36.7 Å². The number of carbonyl (C=O) groups excluding carboxylic acids is 2. The molecule has 0 fully saturated rings. The summed E-state index contributed by atoms with van der Waals surface area (Å²) in [5.74, 6) is 0.444. The fourth-order valence-corrected chi connectivity index (χ4v) is 4.44. The standard InChI is InChI=1S/C23H27N3O4S/c1-5-30-11-10-26-19-8-7-18(24-16(3)27)14-21(19)31-23(26)25-22(28)13-17-6-9-20(29-4)15(2)12-17/h6-9,12,14H,5,10-11,13H2,1-4H3,(H,24,27). The van der Waals surface area contributed by atoms with Crippen LogP contribution in [0.25, 0.3) is 10.2 Å². The molecule has 3 rings (SSSR count). The monoisotopic (exact) mass is 441 g/mol. The van der Waals surface area contributed by atoms with Gasteiger partial charge in [0.25, 0.3) is 5.91 Å². The molecule has 3 aromatic rings. The Morgan fingerprint density at radius 2 is 2.00 bits per heavy atom. The van der Waals surface area contributed by atoms with Crippen LogP contribution in [-0.2, 0) is 27.3 Å². The zero-order chi connectivity index (χ0) is 22.4. The molecule has 7 nitrogen and oxygen atoms in total. The molecular weight excluding hydrogens is 414 g/mol. The molecule has 0 bridgehead atoms. The second kappa shape index (κ2) is 10.4. The number of benzene rings is 2. The van der Waals surface area contributed by atoms with E-state index in [1.54, 1.807) is 7.11 Å². The van der Waals surface area contributed by atoms with Crippen LogP contribution in [0.3, 0.4) is 0 Å². The van der Waals surface area contributed by atoms with Gasteiger partial charge < -0.3 is 19.4 Å². The number of ether oxygens (including phenoxy) is 2. The van der Waals surface area contributed by atoms with Crippen LogP contribution in [0, 0.1) is 6.92 Å². The highest BCUT2D eigenvalue weighted by atomic mass is 32.1. The maximum absolute atomic E-state index is 12.7. The number of fused-ring (bicyclic) bond motifs is 1. The molecule has 31 heavy (non-hydrogen) atoms. The molecule has 0 spiro atoms. The summed E-state index contributed by atoms with van der Waals surface area (Å²) in [6, 6.07) is 11.4. The van der Waals surface area contributed by atoms with Crippen molar-refractivity contribution in [3.8, 4) is 5.75 Å². The van der Waals surface area contributed by atoms with Crippen LogP contribution in [0.2, 0.25) is 0 Å². The van der Waals surface area contributed by atoms with Gasteiger partial charge in [0, 0.05) is 25.8 Å². The van der Waals surface area contributed by atoms with E-state index in [0.29, 0.717) is 30.2 Å². The van der Waals surface area contributed by atoms with Gasteiger partial charge in [0.2, 0.25) is 5.91 Å². The highest BCUT2D eigenvalue weighted by Gasteiger charge is 2.11. The van der Waals surface area contributed by atoms with Crippen molar-refractivity contribution in [2.75, 3.05) is 25.6 Å².